The van der Waals surface area contributed by atoms with Crippen molar-refractivity contribution in [2.45, 2.75) is 39.0 Å². The van der Waals surface area contributed by atoms with Crippen molar-refractivity contribution in [1.82, 2.24) is 10.6 Å². The van der Waals surface area contributed by atoms with Crippen molar-refractivity contribution in [2.75, 3.05) is 33.4 Å². The molecule has 0 aromatic carbocycles. The van der Waals surface area contributed by atoms with Gasteiger partial charge in [-0.2, -0.15) is 0 Å². The van der Waals surface area contributed by atoms with Crippen LogP contribution < -0.4 is 10.6 Å². The molecule has 1 fully saturated rings. The molecule has 0 atom stereocenters. The summed E-state index contributed by atoms with van der Waals surface area (Å²) in [5.41, 5.74) is 0.381. The molecule has 0 spiro atoms. The lowest BCUT2D eigenvalue weighted by molar-refractivity contribution is 0.0778. The van der Waals surface area contributed by atoms with Crippen LogP contribution in [0.15, 0.2) is 22.5 Å². The Hall–Kier alpha value is -1.07. The Morgan fingerprint density at radius 3 is 2.86 bits per heavy atom. The molecule has 124 valence electrons. The van der Waals surface area contributed by atoms with Crippen molar-refractivity contribution < 1.29 is 4.74 Å². The molecule has 1 aromatic rings. The second-order valence-corrected chi connectivity index (χ2v) is 7.08. The first-order valence-corrected chi connectivity index (χ1v) is 9.19. The molecule has 0 radical (unpaired) electrons. The maximum atomic E-state index is 5.26. The lowest BCUT2D eigenvalue weighted by Crippen LogP contribution is -2.40. The highest BCUT2D eigenvalue weighted by Gasteiger charge is 2.36. The SMILES string of the molecule is CCNC(=NCC1(CCOC)CCC1)NCCc1cccs1. The average molecular weight is 324 g/mol. The average Bonchev–Trinajstić information content (AvgIpc) is 2.99. The van der Waals surface area contributed by atoms with E-state index in [-0.39, 0.29) is 0 Å². The zero-order valence-electron chi connectivity index (χ0n) is 13.9. The van der Waals surface area contributed by atoms with Crippen molar-refractivity contribution in [3.63, 3.8) is 0 Å². The molecule has 22 heavy (non-hydrogen) atoms. The monoisotopic (exact) mass is 323 g/mol. The quantitative estimate of drug-likeness (QED) is 0.542. The number of guanidine groups is 1. The summed E-state index contributed by atoms with van der Waals surface area (Å²) in [7, 11) is 1.78. The minimum absolute atomic E-state index is 0.381. The molecule has 5 heteroatoms. The van der Waals surface area contributed by atoms with Crippen LogP contribution in [-0.4, -0.2) is 39.3 Å². The molecule has 1 heterocycles. The third-order valence-electron chi connectivity index (χ3n) is 4.41. The highest BCUT2D eigenvalue weighted by atomic mass is 32.1. The Morgan fingerprint density at radius 1 is 1.41 bits per heavy atom. The van der Waals surface area contributed by atoms with Crippen LogP contribution in [0.1, 0.15) is 37.5 Å². The largest absolute Gasteiger partial charge is 0.385 e. The zero-order valence-corrected chi connectivity index (χ0v) is 14.7. The Kier molecular flexibility index (Phi) is 7.19. The zero-order chi connectivity index (χ0) is 15.7. The van der Waals surface area contributed by atoms with E-state index < -0.39 is 0 Å². The Balaban J connectivity index is 1.80. The van der Waals surface area contributed by atoms with Crippen LogP contribution in [0.3, 0.4) is 0 Å². The van der Waals surface area contributed by atoms with Crippen LogP contribution in [0, 0.1) is 5.41 Å². The number of nitrogens with one attached hydrogen (secondary N) is 2. The molecule has 1 aliphatic rings. The van der Waals surface area contributed by atoms with Crippen molar-refractivity contribution in [2.24, 2.45) is 10.4 Å². The molecule has 0 unspecified atom stereocenters. The van der Waals surface area contributed by atoms with Gasteiger partial charge < -0.3 is 15.4 Å². The van der Waals surface area contributed by atoms with E-state index in [1.807, 2.05) is 11.3 Å². The van der Waals surface area contributed by atoms with E-state index in [4.69, 9.17) is 9.73 Å². The van der Waals surface area contributed by atoms with Gasteiger partial charge in [0.2, 0.25) is 0 Å². The van der Waals surface area contributed by atoms with E-state index in [2.05, 4.69) is 35.1 Å². The van der Waals surface area contributed by atoms with Gasteiger partial charge in [0, 0.05) is 38.2 Å². The van der Waals surface area contributed by atoms with Crippen molar-refractivity contribution in [3.05, 3.63) is 22.4 Å². The number of ether oxygens (including phenoxy) is 1. The predicted molar refractivity (Wildman–Crippen MR) is 94.8 cm³/mol. The topological polar surface area (TPSA) is 45.7 Å². The molecule has 0 bridgehead atoms. The van der Waals surface area contributed by atoms with Crippen LogP contribution >= 0.6 is 11.3 Å². The van der Waals surface area contributed by atoms with Crippen LogP contribution in [0.25, 0.3) is 0 Å². The Labute approximate surface area is 138 Å². The van der Waals surface area contributed by atoms with Crippen LogP contribution in [0.4, 0.5) is 0 Å². The molecule has 1 saturated carbocycles. The van der Waals surface area contributed by atoms with E-state index in [1.54, 1.807) is 7.11 Å². The van der Waals surface area contributed by atoms with Crippen molar-refractivity contribution in [3.8, 4) is 0 Å². The molecular formula is C17H29N3OS. The minimum atomic E-state index is 0.381. The van der Waals surface area contributed by atoms with Gasteiger partial charge in [-0.1, -0.05) is 12.5 Å². The third-order valence-corrected chi connectivity index (χ3v) is 5.35. The first-order chi connectivity index (χ1) is 10.8. The number of methoxy groups -OCH3 is 1. The molecule has 0 aliphatic heterocycles. The summed E-state index contributed by atoms with van der Waals surface area (Å²) in [6.07, 6.45) is 6.09. The standard InChI is InChI=1S/C17H29N3OS/c1-3-18-16(19-11-7-15-6-4-13-22-15)20-14-17(8-5-9-17)10-12-21-2/h4,6,13H,3,5,7-12,14H2,1-2H3,(H2,18,19,20). The number of thiophene rings is 1. The van der Waals surface area contributed by atoms with Crippen LogP contribution in [0.5, 0.6) is 0 Å². The fourth-order valence-corrected chi connectivity index (χ4v) is 3.54. The number of rotatable bonds is 9. The maximum Gasteiger partial charge on any atom is 0.191 e. The molecule has 1 aromatic heterocycles. The second-order valence-electron chi connectivity index (χ2n) is 6.05. The van der Waals surface area contributed by atoms with E-state index in [1.165, 1.54) is 24.1 Å². The van der Waals surface area contributed by atoms with E-state index in [0.717, 1.165) is 45.0 Å². The first-order valence-electron chi connectivity index (χ1n) is 8.31. The smallest absolute Gasteiger partial charge is 0.191 e. The van der Waals surface area contributed by atoms with Gasteiger partial charge in [0.05, 0.1) is 0 Å². The number of aliphatic imine (C=N–C) groups is 1. The highest BCUT2D eigenvalue weighted by Crippen LogP contribution is 2.44. The summed E-state index contributed by atoms with van der Waals surface area (Å²) in [5, 5.41) is 8.93. The molecular weight excluding hydrogens is 294 g/mol. The summed E-state index contributed by atoms with van der Waals surface area (Å²) in [6, 6.07) is 4.29. The summed E-state index contributed by atoms with van der Waals surface area (Å²) in [6.45, 7) is 5.69. The molecule has 2 N–H and O–H groups in total. The first kappa shape index (κ1) is 17.3. The maximum absolute atomic E-state index is 5.26. The van der Waals surface area contributed by atoms with Gasteiger partial charge in [-0.25, -0.2) is 0 Å². The fourth-order valence-electron chi connectivity index (χ4n) is 2.83. The number of nitrogens with zero attached hydrogens (tertiary/aromatic N) is 1. The summed E-state index contributed by atoms with van der Waals surface area (Å²) in [4.78, 5) is 6.24. The van der Waals surface area contributed by atoms with Crippen molar-refractivity contribution >= 4 is 17.3 Å². The second kappa shape index (κ2) is 9.16. The molecule has 0 saturated heterocycles. The Morgan fingerprint density at radius 2 is 2.27 bits per heavy atom. The van der Waals surface area contributed by atoms with E-state index in [0.29, 0.717) is 5.41 Å². The normalized spacial score (nSPS) is 17.1. The fraction of sp³-hybridized carbons (Fsp3) is 0.706. The molecule has 2 rings (SSSR count). The van der Waals surface area contributed by atoms with E-state index in [9.17, 15) is 0 Å². The summed E-state index contributed by atoms with van der Waals surface area (Å²) < 4.78 is 5.26. The van der Waals surface area contributed by atoms with Gasteiger partial charge in [0.1, 0.15) is 0 Å². The predicted octanol–water partition coefficient (Wildman–Crippen LogP) is 3.05. The third kappa shape index (κ3) is 5.29. The minimum Gasteiger partial charge on any atom is -0.385 e. The van der Waals surface area contributed by atoms with Gasteiger partial charge in [0.25, 0.3) is 0 Å². The van der Waals surface area contributed by atoms with Crippen LogP contribution in [0.2, 0.25) is 0 Å². The van der Waals surface area contributed by atoms with Gasteiger partial charge in [-0.05, 0) is 49.5 Å². The van der Waals surface area contributed by atoms with Gasteiger partial charge in [-0.3, -0.25) is 4.99 Å². The highest BCUT2D eigenvalue weighted by molar-refractivity contribution is 7.09. The van der Waals surface area contributed by atoms with Gasteiger partial charge in [0.15, 0.2) is 5.96 Å². The lowest BCUT2D eigenvalue weighted by atomic mass is 9.67. The van der Waals surface area contributed by atoms with Gasteiger partial charge >= 0.3 is 0 Å². The summed E-state index contributed by atoms with van der Waals surface area (Å²) in [5.74, 6) is 0.947. The number of hydrogen-bond acceptors (Lipinski definition) is 3. The van der Waals surface area contributed by atoms with E-state index >= 15 is 0 Å². The molecule has 0 amide bonds. The molecule has 4 nitrogen and oxygen atoms in total. The Bertz CT molecular complexity index is 441. The lowest BCUT2D eigenvalue weighted by Gasteiger charge is -2.40. The van der Waals surface area contributed by atoms with Crippen LogP contribution in [-0.2, 0) is 11.2 Å². The summed E-state index contributed by atoms with van der Waals surface area (Å²) >= 11 is 1.81. The van der Waals surface area contributed by atoms with Gasteiger partial charge in [-0.15, -0.1) is 11.3 Å². The van der Waals surface area contributed by atoms with Crippen molar-refractivity contribution in [1.29, 1.82) is 0 Å². The number of hydrogen-bond donors (Lipinski definition) is 2. The molecule has 1 aliphatic carbocycles.